The largest absolute Gasteiger partial charge is 0.366 e. The van der Waals surface area contributed by atoms with E-state index in [1.54, 1.807) is 18.2 Å². The number of primary amides is 1. The quantitative estimate of drug-likeness (QED) is 0.314. The highest BCUT2D eigenvalue weighted by Gasteiger charge is 2.18. The van der Waals surface area contributed by atoms with Crippen LogP contribution in [0.3, 0.4) is 0 Å². The predicted molar refractivity (Wildman–Crippen MR) is 134 cm³/mol. The maximum Gasteiger partial charge on any atom is 0.249 e. The van der Waals surface area contributed by atoms with Crippen LogP contribution in [0.25, 0.3) is 32.9 Å². The Bertz CT molecular complexity index is 1570. The predicted octanol–water partition coefficient (Wildman–Crippen LogP) is 6.79. The minimum absolute atomic E-state index is 0.472. The Balaban J connectivity index is 1.80. The summed E-state index contributed by atoms with van der Waals surface area (Å²) in [7, 11) is 0. The molecule has 6 heteroatoms. The van der Waals surface area contributed by atoms with Crippen molar-refractivity contribution in [3.05, 3.63) is 106 Å². The fourth-order valence-corrected chi connectivity index (χ4v) is 4.93. The fraction of sp³-hybridized carbons (Fsp3) is 0.0370. The van der Waals surface area contributed by atoms with Crippen molar-refractivity contribution in [2.24, 2.45) is 5.73 Å². The molecular weight excluding hydrogens is 453 g/mol. The molecule has 0 aliphatic rings. The van der Waals surface area contributed by atoms with Gasteiger partial charge in [0.1, 0.15) is 0 Å². The van der Waals surface area contributed by atoms with Gasteiger partial charge in [0.25, 0.3) is 0 Å². The highest BCUT2D eigenvalue weighted by Crippen LogP contribution is 2.39. The number of carbonyl (C=O) groups is 1. The van der Waals surface area contributed by atoms with Crippen LogP contribution >= 0.6 is 23.2 Å². The van der Waals surface area contributed by atoms with E-state index in [4.69, 9.17) is 34.2 Å². The number of nitrogens with two attached hydrogens (primary N) is 1. The first-order valence-corrected chi connectivity index (χ1v) is 11.0. The minimum atomic E-state index is -0.476. The normalized spacial score (nSPS) is 11.1. The number of hydrogen-bond acceptors (Lipinski definition) is 2. The van der Waals surface area contributed by atoms with Gasteiger partial charge in [-0.2, -0.15) is 5.26 Å². The van der Waals surface area contributed by atoms with Crippen molar-refractivity contribution in [2.75, 3.05) is 0 Å². The molecule has 0 aliphatic carbocycles. The Morgan fingerprint density at radius 3 is 2.27 bits per heavy atom. The smallest absolute Gasteiger partial charge is 0.249 e. The molecule has 2 N–H and O–H groups in total. The van der Waals surface area contributed by atoms with Gasteiger partial charge in [-0.05, 0) is 53.6 Å². The monoisotopic (exact) mass is 469 g/mol. The van der Waals surface area contributed by atoms with Crippen molar-refractivity contribution in [1.29, 1.82) is 5.26 Å². The van der Waals surface area contributed by atoms with Gasteiger partial charge in [-0.3, -0.25) is 4.79 Å². The lowest BCUT2D eigenvalue weighted by Gasteiger charge is -2.11. The molecule has 1 aromatic heterocycles. The molecule has 5 rings (SSSR count). The van der Waals surface area contributed by atoms with Gasteiger partial charge in [0.15, 0.2) is 0 Å². The van der Waals surface area contributed by atoms with E-state index in [2.05, 4.69) is 10.6 Å². The first-order valence-electron chi connectivity index (χ1n) is 10.3. The van der Waals surface area contributed by atoms with Crippen LogP contribution in [0.2, 0.25) is 10.0 Å². The third kappa shape index (κ3) is 3.62. The number of rotatable bonds is 4. The van der Waals surface area contributed by atoms with Gasteiger partial charge >= 0.3 is 0 Å². The molecule has 1 heterocycles. The van der Waals surface area contributed by atoms with Crippen molar-refractivity contribution >= 4 is 50.9 Å². The summed E-state index contributed by atoms with van der Waals surface area (Å²) in [5, 5.41) is 12.0. The first kappa shape index (κ1) is 21.1. The summed E-state index contributed by atoms with van der Waals surface area (Å²) in [6.07, 6.45) is 0. The van der Waals surface area contributed by atoms with Crippen molar-refractivity contribution in [3.8, 4) is 17.2 Å². The van der Waals surface area contributed by atoms with Crippen molar-refractivity contribution in [3.63, 3.8) is 0 Å². The molecule has 0 saturated heterocycles. The molecule has 5 aromatic rings. The third-order valence-electron chi connectivity index (χ3n) is 5.83. The number of aromatic nitrogens is 1. The molecule has 0 fully saturated rings. The van der Waals surface area contributed by atoms with Gasteiger partial charge in [-0.25, -0.2) is 0 Å². The van der Waals surface area contributed by atoms with Crippen LogP contribution < -0.4 is 5.73 Å². The lowest BCUT2D eigenvalue weighted by atomic mass is 10.0. The van der Waals surface area contributed by atoms with E-state index in [0.29, 0.717) is 27.7 Å². The highest BCUT2D eigenvalue weighted by molar-refractivity contribution is 6.39. The van der Waals surface area contributed by atoms with E-state index in [9.17, 15) is 4.79 Å². The van der Waals surface area contributed by atoms with Gasteiger partial charge in [0.2, 0.25) is 5.91 Å². The maximum atomic E-state index is 12.2. The molecule has 33 heavy (non-hydrogen) atoms. The zero-order valence-electron chi connectivity index (χ0n) is 17.3. The summed E-state index contributed by atoms with van der Waals surface area (Å²) >= 11 is 13.0. The van der Waals surface area contributed by atoms with E-state index < -0.39 is 5.91 Å². The number of nitrogens with zero attached hydrogens (tertiary/aromatic N) is 2. The van der Waals surface area contributed by atoms with Gasteiger partial charge < -0.3 is 10.3 Å². The molecule has 0 bridgehead atoms. The van der Waals surface area contributed by atoms with Crippen molar-refractivity contribution < 1.29 is 4.79 Å². The Morgan fingerprint density at radius 1 is 0.909 bits per heavy atom. The molecule has 0 saturated carbocycles. The number of halogens is 2. The Labute approximate surface area is 200 Å². The van der Waals surface area contributed by atoms with Gasteiger partial charge in [0.05, 0.1) is 22.7 Å². The number of carbonyl (C=O) groups excluding carboxylic acids is 1. The molecule has 4 nitrogen and oxygen atoms in total. The summed E-state index contributed by atoms with van der Waals surface area (Å²) in [6, 6.07) is 26.6. The number of fused-ring (bicyclic) bond motifs is 3. The zero-order valence-corrected chi connectivity index (χ0v) is 18.9. The molecular formula is C27H17Cl2N3O. The van der Waals surface area contributed by atoms with Crippen LogP contribution in [0.4, 0.5) is 0 Å². The van der Waals surface area contributed by atoms with E-state index in [-0.39, 0.29) is 0 Å². The summed E-state index contributed by atoms with van der Waals surface area (Å²) in [6.45, 7) is 0.549. The molecule has 0 unspecified atom stereocenters. The second-order valence-corrected chi connectivity index (χ2v) is 8.60. The highest BCUT2D eigenvalue weighted by atomic mass is 35.5. The van der Waals surface area contributed by atoms with E-state index in [1.807, 2.05) is 60.7 Å². The van der Waals surface area contributed by atoms with Crippen molar-refractivity contribution in [2.45, 2.75) is 6.54 Å². The van der Waals surface area contributed by atoms with Crippen LogP contribution in [0.15, 0.2) is 78.9 Å². The molecule has 0 atom stereocenters. The zero-order chi connectivity index (χ0) is 23.1. The average molecular weight is 470 g/mol. The topological polar surface area (TPSA) is 71.8 Å². The Kier molecular flexibility index (Phi) is 5.30. The summed E-state index contributed by atoms with van der Waals surface area (Å²) < 4.78 is 2.15. The molecule has 0 aliphatic heterocycles. The summed E-state index contributed by atoms with van der Waals surface area (Å²) in [4.78, 5) is 12.2. The fourth-order valence-electron chi connectivity index (χ4n) is 4.32. The van der Waals surface area contributed by atoms with Gasteiger partial charge in [-0.1, -0.05) is 59.6 Å². The number of hydrogen-bond donors (Lipinski definition) is 1. The average Bonchev–Trinajstić information content (AvgIpc) is 3.12. The second kappa shape index (κ2) is 8.29. The van der Waals surface area contributed by atoms with Crippen LogP contribution in [0.5, 0.6) is 0 Å². The van der Waals surface area contributed by atoms with Gasteiger partial charge in [0, 0.05) is 38.5 Å². The van der Waals surface area contributed by atoms with Crippen LogP contribution in [-0.2, 0) is 6.54 Å². The summed E-state index contributed by atoms with van der Waals surface area (Å²) in [5.41, 5.74) is 11.3. The Morgan fingerprint density at radius 2 is 1.61 bits per heavy atom. The van der Waals surface area contributed by atoms with Crippen LogP contribution in [0.1, 0.15) is 21.5 Å². The Hall–Kier alpha value is -3.78. The molecule has 0 radical (unpaired) electrons. The van der Waals surface area contributed by atoms with E-state index in [1.165, 1.54) is 0 Å². The lowest BCUT2D eigenvalue weighted by molar-refractivity contribution is 0.100. The summed E-state index contributed by atoms with van der Waals surface area (Å²) in [5.74, 6) is -0.476. The molecule has 1 amide bonds. The van der Waals surface area contributed by atoms with Crippen LogP contribution in [0, 0.1) is 11.3 Å². The SMILES string of the molecule is N#Cc1ccc(Cn2c3cc(-c4c(Cl)cccc4Cl)ccc3c3c(C(N)=O)cccc32)cc1. The number of amides is 1. The number of benzene rings is 4. The van der Waals surface area contributed by atoms with E-state index in [0.717, 1.165) is 38.5 Å². The maximum absolute atomic E-state index is 12.2. The molecule has 160 valence electrons. The number of nitriles is 1. The third-order valence-corrected chi connectivity index (χ3v) is 6.46. The van der Waals surface area contributed by atoms with Crippen molar-refractivity contribution in [1.82, 2.24) is 4.57 Å². The molecule has 0 spiro atoms. The van der Waals surface area contributed by atoms with Gasteiger partial charge in [-0.15, -0.1) is 0 Å². The van der Waals surface area contributed by atoms with E-state index >= 15 is 0 Å². The lowest BCUT2D eigenvalue weighted by Crippen LogP contribution is -2.11. The van der Waals surface area contributed by atoms with Crippen LogP contribution in [-0.4, -0.2) is 10.5 Å². The second-order valence-electron chi connectivity index (χ2n) is 7.79. The standard InChI is InChI=1S/C27H17Cl2N3O/c28-21-4-2-5-22(29)25(21)18-11-12-19-24(13-18)32(15-17-9-7-16(14-30)8-10-17)23-6-1-3-20(26(19)23)27(31)33/h1-13H,15H2,(H2,31,33). The molecule has 4 aromatic carbocycles. The first-order chi connectivity index (χ1) is 16.0. The minimum Gasteiger partial charge on any atom is -0.366 e.